The van der Waals surface area contributed by atoms with Crippen LogP contribution in [0.2, 0.25) is 0 Å². The maximum absolute atomic E-state index is 12.7. The first-order valence-corrected chi connectivity index (χ1v) is 7.97. The number of carbonyl (C=O) groups excluding carboxylic acids is 2. The Balaban J connectivity index is 1.90. The summed E-state index contributed by atoms with van der Waals surface area (Å²) >= 11 is 0. The molecule has 0 radical (unpaired) electrons. The number of rotatable bonds is 3. The van der Waals surface area contributed by atoms with Gasteiger partial charge in [0.2, 0.25) is 0 Å². The quantitative estimate of drug-likeness (QED) is 0.809. The molecular weight excluding hydrogens is 300 g/mol. The van der Waals surface area contributed by atoms with Gasteiger partial charge in [0.15, 0.2) is 0 Å². The highest BCUT2D eigenvalue weighted by Gasteiger charge is 2.44. The number of amides is 3. The molecule has 3 rings (SSSR count). The van der Waals surface area contributed by atoms with E-state index in [1.807, 2.05) is 67.6 Å². The predicted octanol–water partition coefficient (Wildman–Crippen LogP) is 3.72. The van der Waals surface area contributed by atoms with E-state index in [9.17, 15) is 9.59 Å². The molecule has 0 saturated carbocycles. The Morgan fingerprint density at radius 3 is 2.21 bits per heavy atom. The first-order valence-electron chi connectivity index (χ1n) is 7.97. The molecule has 1 aliphatic heterocycles. The Morgan fingerprint density at radius 2 is 1.58 bits per heavy atom. The van der Waals surface area contributed by atoms with Crippen molar-refractivity contribution in [3.8, 4) is 0 Å². The van der Waals surface area contributed by atoms with Gasteiger partial charge in [-0.05, 0) is 24.1 Å². The Kier molecular flexibility index (Phi) is 4.47. The van der Waals surface area contributed by atoms with E-state index in [1.54, 1.807) is 18.0 Å². The number of imide groups is 1. The lowest BCUT2D eigenvalue weighted by Crippen LogP contribution is -2.35. The number of benzene rings is 2. The second-order valence-electron chi connectivity index (χ2n) is 5.94. The van der Waals surface area contributed by atoms with Gasteiger partial charge in [-0.1, -0.05) is 60.7 Å². The number of nitrogens with zero attached hydrogens (tertiary/aromatic N) is 2. The van der Waals surface area contributed by atoms with Crippen LogP contribution in [0.1, 0.15) is 24.1 Å². The predicted molar refractivity (Wildman–Crippen MR) is 94.1 cm³/mol. The average molecular weight is 320 g/mol. The number of likely N-dealkylation sites (N-methyl/N-ethyl adjacent to an activating group) is 1. The molecule has 1 aliphatic rings. The van der Waals surface area contributed by atoms with Crippen molar-refractivity contribution in [2.45, 2.75) is 19.0 Å². The Hall–Kier alpha value is -2.88. The van der Waals surface area contributed by atoms with Crippen molar-refractivity contribution in [3.63, 3.8) is 0 Å². The fraction of sp³-hybridized carbons (Fsp3) is 0.200. The van der Waals surface area contributed by atoms with E-state index in [-0.39, 0.29) is 24.0 Å². The van der Waals surface area contributed by atoms with Gasteiger partial charge in [0, 0.05) is 13.1 Å². The summed E-state index contributed by atoms with van der Waals surface area (Å²) in [5, 5.41) is 0. The van der Waals surface area contributed by atoms with Crippen LogP contribution in [0.25, 0.3) is 6.08 Å². The molecule has 0 spiro atoms. The first-order chi connectivity index (χ1) is 11.6. The van der Waals surface area contributed by atoms with Crippen LogP contribution in [0, 0.1) is 0 Å². The smallest absolute Gasteiger partial charge is 0.322 e. The van der Waals surface area contributed by atoms with Gasteiger partial charge in [-0.15, -0.1) is 0 Å². The number of urea groups is 1. The maximum atomic E-state index is 12.7. The van der Waals surface area contributed by atoms with Gasteiger partial charge in [0.1, 0.15) is 0 Å². The van der Waals surface area contributed by atoms with Crippen LogP contribution in [-0.4, -0.2) is 34.8 Å². The molecule has 0 unspecified atom stereocenters. The summed E-state index contributed by atoms with van der Waals surface area (Å²) in [7, 11) is 1.73. The van der Waals surface area contributed by atoms with Crippen molar-refractivity contribution in [3.05, 3.63) is 77.9 Å². The third-order valence-electron chi connectivity index (χ3n) is 4.45. The monoisotopic (exact) mass is 320 g/mol. The van der Waals surface area contributed by atoms with Gasteiger partial charge in [0.25, 0.3) is 5.91 Å². The standard InChI is InChI=1S/C20H20N2O2/c1-15-19(17-11-7-4-8-12-17)22(20(24)21(15)2)18(23)14-13-16-9-5-3-6-10-16/h3-15,19H,1-2H3/b14-13-/t15-,19-/m0/s1. The van der Waals surface area contributed by atoms with Crippen LogP contribution in [0.15, 0.2) is 66.7 Å². The summed E-state index contributed by atoms with van der Waals surface area (Å²) in [6.07, 6.45) is 3.20. The van der Waals surface area contributed by atoms with Crippen molar-refractivity contribution in [1.29, 1.82) is 0 Å². The van der Waals surface area contributed by atoms with E-state index in [0.29, 0.717) is 0 Å². The van der Waals surface area contributed by atoms with Gasteiger partial charge in [-0.25, -0.2) is 4.79 Å². The molecule has 1 fully saturated rings. The number of hydrogen-bond donors (Lipinski definition) is 0. The van der Waals surface area contributed by atoms with Gasteiger partial charge < -0.3 is 4.90 Å². The molecule has 0 aliphatic carbocycles. The molecule has 1 saturated heterocycles. The molecule has 2 aromatic carbocycles. The second kappa shape index (κ2) is 6.71. The van der Waals surface area contributed by atoms with E-state index < -0.39 is 0 Å². The van der Waals surface area contributed by atoms with Crippen LogP contribution in [0.4, 0.5) is 4.79 Å². The van der Waals surface area contributed by atoms with E-state index in [1.165, 1.54) is 11.0 Å². The Bertz CT molecular complexity index is 756. The zero-order valence-electron chi connectivity index (χ0n) is 13.8. The van der Waals surface area contributed by atoms with Crippen LogP contribution < -0.4 is 0 Å². The molecule has 4 nitrogen and oxygen atoms in total. The summed E-state index contributed by atoms with van der Waals surface area (Å²) in [5.74, 6) is -0.297. The fourth-order valence-electron chi connectivity index (χ4n) is 3.01. The third-order valence-corrected chi connectivity index (χ3v) is 4.45. The topological polar surface area (TPSA) is 40.6 Å². The molecule has 2 atom stereocenters. The highest BCUT2D eigenvalue weighted by Crippen LogP contribution is 2.34. The molecule has 0 bridgehead atoms. The second-order valence-corrected chi connectivity index (χ2v) is 5.94. The Morgan fingerprint density at radius 1 is 1.00 bits per heavy atom. The highest BCUT2D eigenvalue weighted by molar-refractivity contribution is 6.04. The molecule has 0 N–H and O–H groups in total. The zero-order chi connectivity index (χ0) is 17.1. The van der Waals surface area contributed by atoms with Crippen molar-refractivity contribution >= 4 is 18.0 Å². The zero-order valence-corrected chi connectivity index (χ0v) is 13.8. The SMILES string of the molecule is C[C@H]1[C@@H](c2ccccc2)N(C(=O)/C=C\c2ccccc2)C(=O)N1C. The molecule has 4 heteroatoms. The van der Waals surface area contributed by atoms with Crippen molar-refractivity contribution in [1.82, 2.24) is 9.80 Å². The van der Waals surface area contributed by atoms with Crippen LogP contribution >= 0.6 is 0 Å². The summed E-state index contributed by atoms with van der Waals surface area (Å²) in [5.41, 5.74) is 1.89. The first kappa shape index (κ1) is 16.0. The molecular formula is C20H20N2O2. The molecule has 0 aromatic heterocycles. The van der Waals surface area contributed by atoms with Crippen LogP contribution in [-0.2, 0) is 4.79 Å². The van der Waals surface area contributed by atoms with E-state index in [0.717, 1.165) is 11.1 Å². The average Bonchev–Trinajstić information content (AvgIpc) is 2.85. The summed E-state index contributed by atoms with van der Waals surface area (Å²) < 4.78 is 0. The minimum Gasteiger partial charge on any atom is -0.322 e. The fourth-order valence-corrected chi connectivity index (χ4v) is 3.01. The number of hydrogen-bond acceptors (Lipinski definition) is 2. The summed E-state index contributed by atoms with van der Waals surface area (Å²) in [6, 6.07) is 18.6. The lowest BCUT2D eigenvalue weighted by Gasteiger charge is -2.23. The normalized spacial score (nSPS) is 20.8. The van der Waals surface area contributed by atoms with E-state index >= 15 is 0 Å². The van der Waals surface area contributed by atoms with E-state index in [2.05, 4.69) is 0 Å². The van der Waals surface area contributed by atoms with Crippen molar-refractivity contribution in [2.75, 3.05) is 7.05 Å². The van der Waals surface area contributed by atoms with Crippen molar-refractivity contribution in [2.24, 2.45) is 0 Å². The third kappa shape index (κ3) is 2.95. The molecule has 122 valence electrons. The van der Waals surface area contributed by atoms with Gasteiger partial charge in [-0.3, -0.25) is 9.69 Å². The lowest BCUT2D eigenvalue weighted by molar-refractivity contribution is -0.124. The molecule has 1 heterocycles. The van der Waals surface area contributed by atoms with Crippen molar-refractivity contribution < 1.29 is 9.59 Å². The minimum absolute atomic E-state index is 0.0750. The van der Waals surface area contributed by atoms with Gasteiger partial charge in [-0.2, -0.15) is 0 Å². The highest BCUT2D eigenvalue weighted by atomic mass is 16.2. The number of carbonyl (C=O) groups is 2. The molecule has 2 aromatic rings. The van der Waals surface area contributed by atoms with Gasteiger partial charge in [0.05, 0.1) is 12.1 Å². The summed E-state index contributed by atoms with van der Waals surface area (Å²) in [6.45, 7) is 1.96. The maximum Gasteiger partial charge on any atom is 0.327 e. The van der Waals surface area contributed by atoms with E-state index in [4.69, 9.17) is 0 Å². The molecule has 24 heavy (non-hydrogen) atoms. The molecule has 3 amide bonds. The lowest BCUT2D eigenvalue weighted by atomic mass is 10.0. The van der Waals surface area contributed by atoms with Crippen LogP contribution in [0.3, 0.4) is 0 Å². The van der Waals surface area contributed by atoms with Gasteiger partial charge >= 0.3 is 6.03 Å². The van der Waals surface area contributed by atoms with Crippen LogP contribution in [0.5, 0.6) is 0 Å². The largest absolute Gasteiger partial charge is 0.327 e. The summed E-state index contributed by atoms with van der Waals surface area (Å²) in [4.78, 5) is 28.2. The Labute approximate surface area is 142 Å². The minimum atomic E-state index is -0.297.